The SMILES string of the molecule is COc1cc(N)c(Nc2cc(C)cc(Br)c2)cc1OC. The lowest BCUT2D eigenvalue weighted by Gasteiger charge is -2.14. The van der Waals surface area contributed by atoms with Gasteiger partial charge in [-0.05, 0) is 30.7 Å². The van der Waals surface area contributed by atoms with Crippen molar-refractivity contribution in [2.75, 3.05) is 25.3 Å². The van der Waals surface area contributed by atoms with E-state index in [0.717, 1.165) is 21.4 Å². The molecule has 0 atom stereocenters. The molecular weight excluding hydrogens is 320 g/mol. The fraction of sp³-hybridized carbons (Fsp3) is 0.200. The van der Waals surface area contributed by atoms with Crippen molar-refractivity contribution in [1.29, 1.82) is 0 Å². The number of rotatable bonds is 4. The van der Waals surface area contributed by atoms with E-state index in [0.29, 0.717) is 17.2 Å². The van der Waals surface area contributed by atoms with Crippen molar-refractivity contribution in [3.05, 3.63) is 40.4 Å². The molecule has 0 unspecified atom stereocenters. The molecule has 2 rings (SSSR count). The van der Waals surface area contributed by atoms with Gasteiger partial charge in [0, 0.05) is 22.3 Å². The minimum atomic E-state index is 0.597. The number of ether oxygens (including phenoxy) is 2. The number of methoxy groups -OCH3 is 2. The summed E-state index contributed by atoms with van der Waals surface area (Å²) in [4.78, 5) is 0. The molecule has 0 aliphatic rings. The van der Waals surface area contributed by atoms with Gasteiger partial charge in [-0.3, -0.25) is 0 Å². The molecule has 0 saturated heterocycles. The number of halogens is 1. The second-order valence-corrected chi connectivity index (χ2v) is 5.35. The van der Waals surface area contributed by atoms with E-state index in [4.69, 9.17) is 15.2 Å². The highest BCUT2D eigenvalue weighted by Gasteiger charge is 2.09. The molecule has 0 fully saturated rings. The fourth-order valence-electron chi connectivity index (χ4n) is 1.97. The van der Waals surface area contributed by atoms with Crippen molar-refractivity contribution in [3.63, 3.8) is 0 Å². The monoisotopic (exact) mass is 336 g/mol. The van der Waals surface area contributed by atoms with Crippen LogP contribution < -0.4 is 20.5 Å². The number of nitrogens with two attached hydrogens (primary N) is 1. The molecule has 20 heavy (non-hydrogen) atoms. The molecule has 5 heteroatoms. The summed E-state index contributed by atoms with van der Waals surface area (Å²) < 4.78 is 11.5. The zero-order valence-corrected chi connectivity index (χ0v) is 13.2. The van der Waals surface area contributed by atoms with Gasteiger partial charge in [-0.15, -0.1) is 0 Å². The average Bonchev–Trinajstić information content (AvgIpc) is 2.39. The molecule has 0 aliphatic heterocycles. The number of nitrogen functional groups attached to an aromatic ring is 1. The average molecular weight is 337 g/mol. The van der Waals surface area contributed by atoms with Gasteiger partial charge < -0.3 is 20.5 Å². The highest BCUT2D eigenvalue weighted by Crippen LogP contribution is 2.36. The van der Waals surface area contributed by atoms with E-state index >= 15 is 0 Å². The molecular formula is C15H17BrN2O2. The van der Waals surface area contributed by atoms with Crippen LogP contribution in [0.5, 0.6) is 11.5 Å². The maximum absolute atomic E-state index is 6.03. The molecule has 0 spiro atoms. The predicted molar refractivity (Wildman–Crippen MR) is 86.1 cm³/mol. The third-order valence-electron chi connectivity index (χ3n) is 2.88. The molecule has 0 amide bonds. The third kappa shape index (κ3) is 3.17. The van der Waals surface area contributed by atoms with E-state index in [1.165, 1.54) is 0 Å². The molecule has 106 valence electrons. The van der Waals surface area contributed by atoms with Crippen molar-refractivity contribution in [3.8, 4) is 11.5 Å². The Balaban J connectivity index is 2.37. The van der Waals surface area contributed by atoms with Crippen molar-refractivity contribution in [2.24, 2.45) is 0 Å². The Bertz CT molecular complexity index is 609. The standard InChI is InChI=1S/C15H17BrN2O2/c1-9-4-10(16)6-11(5-9)18-13-8-15(20-3)14(19-2)7-12(13)17/h4-8,18H,17H2,1-3H3. The highest BCUT2D eigenvalue weighted by atomic mass is 79.9. The van der Waals surface area contributed by atoms with Crippen LogP contribution in [0.2, 0.25) is 0 Å². The lowest BCUT2D eigenvalue weighted by Crippen LogP contribution is -1.99. The molecule has 0 heterocycles. The van der Waals surface area contributed by atoms with Crippen LogP contribution in [0.1, 0.15) is 5.56 Å². The maximum atomic E-state index is 6.03. The van der Waals surface area contributed by atoms with Crippen LogP contribution in [0.15, 0.2) is 34.8 Å². The van der Waals surface area contributed by atoms with Gasteiger partial charge in [-0.2, -0.15) is 0 Å². The van der Waals surface area contributed by atoms with Gasteiger partial charge >= 0.3 is 0 Å². The summed E-state index contributed by atoms with van der Waals surface area (Å²) in [6.45, 7) is 2.04. The lowest BCUT2D eigenvalue weighted by atomic mass is 10.2. The Morgan fingerprint density at radius 3 is 2.25 bits per heavy atom. The molecule has 2 aromatic carbocycles. The minimum Gasteiger partial charge on any atom is -0.493 e. The molecule has 4 nitrogen and oxygen atoms in total. The van der Waals surface area contributed by atoms with Crippen LogP contribution in [-0.2, 0) is 0 Å². The summed E-state index contributed by atoms with van der Waals surface area (Å²) in [5, 5.41) is 3.29. The van der Waals surface area contributed by atoms with Gasteiger partial charge in [0.2, 0.25) is 0 Å². The number of aryl methyl sites for hydroxylation is 1. The number of anilines is 3. The first-order valence-corrected chi connectivity index (χ1v) is 6.88. The van der Waals surface area contributed by atoms with Crippen molar-refractivity contribution in [1.82, 2.24) is 0 Å². The van der Waals surface area contributed by atoms with E-state index in [-0.39, 0.29) is 0 Å². The molecule has 3 N–H and O–H groups in total. The number of nitrogens with one attached hydrogen (secondary N) is 1. The van der Waals surface area contributed by atoms with Crippen molar-refractivity contribution < 1.29 is 9.47 Å². The van der Waals surface area contributed by atoms with E-state index in [9.17, 15) is 0 Å². The molecule has 0 bridgehead atoms. The summed E-state index contributed by atoms with van der Waals surface area (Å²) in [6.07, 6.45) is 0. The Morgan fingerprint density at radius 2 is 1.65 bits per heavy atom. The van der Waals surface area contributed by atoms with Gasteiger partial charge in [0.15, 0.2) is 11.5 Å². The van der Waals surface area contributed by atoms with E-state index < -0.39 is 0 Å². The summed E-state index contributed by atoms with van der Waals surface area (Å²) in [5.74, 6) is 1.25. The normalized spacial score (nSPS) is 10.2. The summed E-state index contributed by atoms with van der Waals surface area (Å²) in [5.41, 5.74) is 9.52. The molecule has 2 aromatic rings. The second kappa shape index (κ2) is 6.05. The Morgan fingerprint density at radius 1 is 1.00 bits per heavy atom. The predicted octanol–water partition coefficient (Wildman–Crippen LogP) is 4.10. The van der Waals surface area contributed by atoms with Crippen LogP contribution in [0.25, 0.3) is 0 Å². The van der Waals surface area contributed by atoms with E-state index in [1.54, 1.807) is 20.3 Å². The molecule has 0 aliphatic carbocycles. The van der Waals surface area contributed by atoms with Crippen LogP contribution in [0, 0.1) is 6.92 Å². The fourth-order valence-corrected chi connectivity index (χ4v) is 2.57. The maximum Gasteiger partial charge on any atom is 0.162 e. The van der Waals surface area contributed by atoms with Gasteiger partial charge in [-0.1, -0.05) is 15.9 Å². The number of hydrogen-bond donors (Lipinski definition) is 2. The second-order valence-electron chi connectivity index (χ2n) is 4.44. The smallest absolute Gasteiger partial charge is 0.162 e. The summed E-state index contributed by atoms with van der Waals surface area (Å²) in [7, 11) is 3.18. The topological polar surface area (TPSA) is 56.5 Å². The Labute approximate surface area is 127 Å². The van der Waals surface area contributed by atoms with Gasteiger partial charge in [0.05, 0.1) is 25.6 Å². The van der Waals surface area contributed by atoms with E-state index in [2.05, 4.69) is 21.2 Å². The van der Waals surface area contributed by atoms with Gasteiger partial charge in [0.25, 0.3) is 0 Å². The zero-order chi connectivity index (χ0) is 14.7. The van der Waals surface area contributed by atoms with Crippen LogP contribution in [0.3, 0.4) is 0 Å². The first-order valence-electron chi connectivity index (χ1n) is 6.09. The summed E-state index contributed by atoms with van der Waals surface area (Å²) in [6, 6.07) is 9.64. The van der Waals surface area contributed by atoms with Crippen molar-refractivity contribution >= 4 is 33.0 Å². The first kappa shape index (κ1) is 14.5. The Hall–Kier alpha value is -1.88. The largest absolute Gasteiger partial charge is 0.493 e. The zero-order valence-electron chi connectivity index (χ0n) is 11.7. The number of hydrogen-bond acceptors (Lipinski definition) is 4. The molecule has 0 radical (unpaired) electrons. The highest BCUT2D eigenvalue weighted by molar-refractivity contribution is 9.10. The minimum absolute atomic E-state index is 0.597. The summed E-state index contributed by atoms with van der Waals surface area (Å²) >= 11 is 3.48. The van der Waals surface area contributed by atoms with E-state index in [1.807, 2.05) is 31.2 Å². The number of benzene rings is 2. The van der Waals surface area contributed by atoms with Gasteiger partial charge in [-0.25, -0.2) is 0 Å². The van der Waals surface area contributed by atoms with Crippen molar-refractivity contribution in [2.45, 2.75) is 6.92 Å². The Kier molecular flexibility index (Phi) is 4.39. The van der Waals surface area contributed by atoms with Crippen LogP contribution in [-0.4, -0.2) is 14.2 Å². The lowest BCUT2D eigenvalue weighted by molar-refractivity contribution is 0.355. The van der Waals surface area contributed by atoms with Gasteiger partial charge in [0.1, 0.15) is 0 Å². The third-order valence-corrected chi connectivity index (χ3v) is 3.33. The molecule has 0 aromatic heterocycles. The van der Waals surface area contributed by atoms with Crippen LogP contribution in [0.4, 0.5) is 17.1 Å². The first-order chi connectivity index (χ1) is 9.53. The quantitative estimate of drug-likeness (QED) is 0.825. The molecule has 0 saturated carbocycles. The van der Waals surface area contributed by atoms with Crippen LogP contribution >= 0.6 is 15.9 Å².